The summed E-state index contributed by atoms with van der Waals surface area (Å²) in [7, 11) is -4.17. The third-order valence-electron chi connectivity index (χ3n) is 6.98. The summed E-state index contributed by atoms with van der Waals surface area (Å²) >= 11 is 0. The van der Waals surface area contributed by atoms with Gasteiger partial charge in [-0.05, 0) is 74.0 Å². The van der Waals surface area contributed by atoms with Crippen LogP contribution in [0.15, 0.2) is 35.2 Å². The van der Waals surface area contributed by atoms with E-state index < -0.39 is 22.0 Å². The number of likely N-dealkylation sites (tertiary alicyclic amines) is 1. The average molecular weight is 491 g/mol. The average Bonchev–Trinajstić information content (AvgIpc) is 3.45. The van der Waals surface area contributed by atoms with Gasteiger partial charge in [0.2, 0.25) is 5.75 Å². The zero-order valence-electron chi connectivity index (χ0n) is 18.8. The Bertz CT molecular complexity index is 1230. The summed E-state index contributed by atoms with van der Waals surface area (Å²) in [6.07, 6.45) is 0.720. The van der Waals surface area contributed by atoms with Crippen LogP contribution in [0.25, 0.3) is 0 Å². The molecule has 2 heterocycles. The summed E-state index contributed by atoms with van der Waals surface area (Å²) in [5.74, 6) is 0.473. The second kappa shape index (κ2) is 8.74. The molecule has 0 spiro atoms. The molecule has 1 saturated carbocycles. The Balaban J connectivity index is 1.47. The van der Waals surface area contributed by atoms with Gasteiger partial charge >= 0.3 is 6.16 Å². The molecular formula is C24H27FN2O6S. The molecule has 3 aliphatic rings. The van der Waals surface area contributed by atoms with Gasteiger partial charge in [0.25, 0.3) is 10.0 Å². The first kappa shape index (κ1) is 22.9. The summed E-state index contributed by atoms with van der Waals surface area (Å²) < 4.78 is 54.1. The second-order valence-corrected chi connectivity index (χ2v) is 10.9. The smallest absolute Gasteiger partial charge is 0.489 e. The van der Waals surface area contributed by atoms with Crippen LogP contribution in [0.1, 0.15) is 36.8 Å². The Morgan fingerprint density at radius 3 is 2.88 bits per heavy atom. The predicted octanol–water partition coefficient (Wildman–Crippen LogP) is 4.06. The third-order valence-corrected chi connectivity index (χ3v) is 8.44. The van der Waals surface area contributed by atoms with E-state index in [4.69, 9.17) is 9.47 Å². The van der Waals surface area contributed by atoms with E-state index >= 15 is 0 Å². The molecule has 2 aliphatic heterocycles. The molecule has 8 nitrogen and oxygen atoms in total. The van der Waals surface area contributed by atoms with Crippen molar-refractivity contribution < 1.29 is 32.2 Å². The number of hydrogen-bond donors (Lipinski definition) is 2. The van der Waals surface area contributed by atoms with Crippen molar-refractivity contribution >= 4 is 21.9 Å². The minimum absolute atomic E-state index is 0.0338. The van der Waals surface area contributed by atoms with Gasteiger partial charge in [0.05, 0.1) is 17.2 Å². The lowest BCUT2D eigenvalue weighted by Crippen LogP contribution is -2.21. The van der Waals surface area contributed by atoms with Crippen LogP contribution in [-0.2, 0) is 16.4 Å². The number of hydrogen-bond acceptors (Lipinski definition) is 6. The Hall–Kier alpha value is -2.85. The number of rotatable bonds is 7. The molecule has 34 heavy (non-hydrogen) atoms. The van der Waals surface area contributed by atoms with Gasteiger partial charge in [0.15, 0.2) is 5.75 Å². The van der Waals surface area contributed by atoms with Crippen LogP contribution in [0.3, 0.4) is 0 Å². The zero-order chi connectivity index (χ0) is 24.0. The standard InChI is InChI=1S/C24H27FN2O6S/c1-2-27-8-7-14(12-27)9-15-10-17(25)3-6-21(15)34(30,31)26-20-5-4-18-19-11-16(19)13-32-22(18)23(20)33-24(28)29/h3-6,10,14,16,19,26H,2,7-9,11-13H2,1H3,(H,28,29)/t14-,16-,19-/m0/s1. The van der Waals surface area contributed by atoms with Crippen molar-refractivity contribution in [3.8, 4) is 11.5 Å². The van der Waals surface area contributed by atoms with E-state index in [-0.39, 0.29) is 33.9 Å². The molecule has 0 amide bonds. The Morgan fingerprint density at radius 1 is 1.32 bits per heavy atom. The second-order valence-electron chi connectivity index (χ2n) is 9.25. The van der Waals surface area contributed by atoms with Crippen molar-refractivity contribution in [3.05, 3.63) is 47.3 Å². The number of halogens is 1. The fourth-order valence-corrected chi connectivity index (χ4v) is 6.43. The number of nitrogens with zero attached hydrogens (tertiary/aromatic N) is 1. The van der Waals surface area contributed by atoms with Crippen molar-refractivity contribution in [2.24, 2.45) is 11.8 Å². The molecule has 10 heteroatoms. The highest BCUT2D eigenvalue weighted by molar-refractivity contribution is 7.92. The van der Waals surface area contributed by atoms with E-state index in [1.807, 2.05) is 0 Å². The number of nitrogens with one attached hydrogen (secondary N) is 1. The van der Waals surface area contributed by atoms with Crippen molar-refractivity contribution in [1.82, 2.24) is 4.90 Å². The van der Waals surface area contributed by atoms with Crippen LogP contribution < -0.4 is 14.2 Å². The Morgan fingerprint density at radius 2 is 2.15 bits per heavy atom. The van der Waals surface area contributed by atoms with E-state index in [1.54, 1.807) is 6.07 Å². The molecule has 182 valence electrons. The summed E-state index contributed by atoms with van der Waals surface area (Å²) in [5.41, 5.74) is 1.18. The first-order chi connectivity index (χ1) is 16.2. The fourth-order valence-electron chi connectivity index (χ4n) is 5.14. The van der Waals surface area contributed by atoms with Crippen LogP contribution in [0.2, 0.25) is 0 Å². The van der Waals surface area contributed by atoms with E-state index in [1.165, 1.54) is 18.2 Å². The molecule has 5 rings (SSSR count). The van der Waals surface area contributed by atoms with E-state index in [0.29, 0.717) is 24.5 Å². The van der Waals surface area contributed by atoms with Gasteiger partial charge < -0.3 is 19.5 Å². The highest BCUT2D eigenvalue weighted by Gasteiger charge is 2.45. The molecule has 0 aromatic heterocycles. The summed E-state index contributed by atoms with van der Waals surface area (Å²) in [4.78, 5) is 13.6. The van der Waals surface area contributed by atoms with Gasteiger partial charge in [0, 0.05) is 18.0 Å². The maximum absolute atomic E-state index is 14.1. The fraction of sp³-hybridized carbons (Fsp3) is 0.458. The molecule has 2 aromatic carbocycles. The van der Waals surface area contributed by atoms with Crippen LogP contribution >= 0.6 is 0 Å². The van der Waals surface area contributed by atoms with Gasteiger partial charge in [0.1, 0.15) is 5.82 Å². The minimum atomic E-state index is -4.17. The summed E-state index contributed by atoms with van der Waals surface area (Å²) in [6.45, 7) is 5.19. The lowest BCUT2D eigenvalue weighted by atomic mass is 9.98. The molecule has 0 radical (unpaired) electrons. The van der Waals surface area contributed by atoms with E-state index in [9.17, 15) is 22.7 Å². The van der Waals surface area contributed by atoms with Crippen LogP contribution in [0.4, 0.5) is 14.9 Å². The molecule has 0 unspecified atom stereocenters. The SMILES string of the molecule is CCN1CC[C@@H](Cc2cc(F)ccc2S(=O)(=O)Nc2ccc3c(c2OC(=O)O)OC[C@@H]2C[C@H]32)C1. The maximum atomic E-state index is 14.1. The van der Waals surface area contributed by atoms with Crippen LogP contribution in [0, 0.1) is 17.7 Å². The number of sulfonamides is 1. The number of carbonyl (C=O) groups is 1. The number of carboxylic acid groups (broad SMARTS) is 1. The molecule has 1 aliphatic carbocycles. The summed E-state index contributed by atoms with van der Waals surface area (Å²) in [5, 5.41) is 9.26. The lowest BCUT2D eigenvalue weighted by Gasteiger charge is -2.22. The van der Waals surface area contributed by atoms with Gasteiger partial charge in [-0.15, -0.1) is 0 Å². The lowest BCUT2D eigenvalue weighted by molar-refractivity contribution is 0.141. The first-order valence-corrected chi connectivity index (χ1v) is 13.0. The molecular weight excluding hydrogens is 463 g/mol. The number of fused-ring (bicyclic) bond motifs is 3. The number of anilines is 1. The molecule has 0 bridgehead atoms. The Labute approximate surface area is 197 Å². The number of benzene rings is 2. The molecule has 2 N–H and O–H groups in total. The maximum Gasteiger partial charge on any atom is 0.511 e. The highest BCUT2D eigenvalue weighted by atomic mass is 32.2. The van der Waals surface area contributed by atoms with E-state index in [0.717, 1.165) is 44.1 Å². The normalized spacial score (nSPS) is 23.5. The molecule has 3 atom stereocenters. The van der Waals surface area contributed by atoms with Crippen molar-refractivity contribution in [2.45, 2.75) is 37.0 Å². The third kappa shape index (κ3) is 4.44. The predicted molar refractivity (Wildman–Crippen MR) is 123 cm³/mol. The van der Waals surface area contributed by atoms with Crippen LogP contribution in [-0.4, -0.2) is 50.8 Å². The van der Waals surface area contributed by atoms with Crippen molar-refractivity contribution in [3.63, 3.8) is 0 Å². The van der Waals surface area contributed by atoms with E-state index in [2.05, 4.69) is 16.5 Å². The van der Waals surface area contributed by atoms with Crippen molar-refractivity contribution in [1.29, 1.82) is 0 Å². The van der Waals surface area contributed by atoms with Crippen LogP contribution in [0.5, 0.6) is 11.5 Å². The molecule has 1 saturated heterocycles. The Kier molecular flexibility index (Phi) is 5.89. The first-order valence-electron chi connectivity index (χ1n) is 11.5. The van der Waals surface area contributed by atoms with Gasteiger partial charge in [-0.3, -0.25) is 4.72 Å². The largest absolute Gasteiger partial charge is 0.511 e. The van der Waals surface area contributed by atoms with Gasteiger partial charge in [-0.2, -0.15) is 0 Å². The monoisotopic (exact) mass is 490 g/mol. The highest BCUT2D eigenvalue weighted by Crippen LogP contribution is 2.57. The zero-order valence-corrected chi connectivity index (χ0v) is 19.6. The molecule has 2 fully saturated rings. The topological polar surface area (TPSA) is 105 Å². The number of ether oxygens (including phenoxy) is 2. The van der Waals surface area contributed by atoms with Gasteiger partial charge in [-0.25, -0.2) is 17.6 Å². The minimum Gasteiger partial charge on any atom is -0.489 e. The molecule has 2 aromatic rings. The van der Waals surface area contributed by atoms with Crippen molar-refractivity contribution in [2.75, 3.05) is 31.0 Å². The van der Waals surface area contributed by atoms with Gasteiger partial charge in [-0.1, -0.05) is 13.0 Å². The summed E-state index contributed by atoms with van der Waals surface area (Å²) in [6, 6.07) is 6.87. The quantitative estimate of drug-likeness (QED) is 0.445.